The van der Waals surface area contributed by atoms with Gasteiger partial charge in [0.15, 0.2) is 0 Å². The van der Waals surface area contributed by atoms with Crippen LogP contribution in [0.3, 0.4) is 0 Å². The Morgan fingerprint density at radius 2 is 2.45 bits per heavy atom. The van der Waals surface area contributed by atoms with Gasteiger partial charge in [0.2, 0.25) is 0 Å². The number of anilines is 1. The summed E-state index contributed by atoms with van der Waals surface area (Å²) in [5.41, 5.74) is 6.65. The fourth-order valence-corrected chi connectivity index (χ4v) is 3.46. The van der Waals surface area contributed by atoms with Gasteiger partial charge in [0, 0.05) is 31.3 Å². The molecule has 2 N–H and O–H groups in total. The van der Waals surface area contributed by atoms with Crippen LogP contribution >= 0.6 is 11.3 Å². The molecule has 1 atom stereocenters. The Kier molecular flexibility index (Phi) is 3.58. The zero-order valence-corrected chi connectivity index (χ0v) is 12.2. The molecule has 0 spiro atoms. The molecule has 1 amide bonds. The lowest BCUT2D eigenvalue weighted by Gasteiger charge is -2.21. The molecular weight excluding hydrogens is 274 g/mol. The Labute approximate surface area is 121 Å². The van der Waals surface area contributed by atoms with Crippen molar-refractivity contribution in [3.63, 3.8) is 0 Å². The lowest BCUT2D eigenvalue weighted by Crippen LogP contribution is -2.35. The average Bonchev–Trinajstić information content (AvgIpc) is 2.64. The van der Waals surface area contributed by atoms with Crippen molar-refractivity contribution in [2.45, 2.75) is 19.4 Å². The van der Waals surface area contributed by atoms with E-state index >= 15 is 0 Å². The summed E-state index contributed by atoms with van der Waals surface area (Å²) in [6.45, 7) is 4.01. The summed E-state index contributed by atoms with van der Waals surface area (Å²) in [7, 11) is 0. The molecule has 0 aliphatic carbocycles. The van der Waals surface area contributed by atoms with E-state index in [0.29, 0.717) is 30.3 Å². The molecule has 6 heteroatoms. The highest BCUT2D eigenvalue weighted by molar-refractivity contribution is 7.21. The predicted molar refractivity (Wildman–Crippen MR) is 80.0 cm³/mol. The molecule has 3 heterocycles. The SMILES string of the molecule is CC1CN(C(=O)c2sc3ncccc3c2N)CCCO1. The molecule has 5 nitrogen and oxygen atoms in total. The third-order valence-corrected chi connectivity index (χ3v) is 4.56. The van der Waals surface area contributed by atoms with E-state index in [1.54, 1.807) is 6.20 Å². The van der Waals surface area contributed by atoms with Crippen LogP contribution in [0, 0.1) is 0 Å². The lowest BCUT2D eigenvalue weighted by molar-refractivity contribution is 0.0566. The minimum absolute atomic E-state index is 0.0112. The molecule has 2 aromatic rings. The molecule has 1 fully saturated rings. The van der Waals surface area contributed by atoms with E-state index in [9.17, 15) is 4.79 Å². The van der Waals surface area contributed by atoms with Crippen molar-refractivity contribution in [1.29, 1.82) is 0 Å². The smallest absolute Gasteiger partial charge is 0.266 e. The maximum absolute atomic E-state index is 12.7. The molecule has 1 aliphatic heterocycles. The zero-order chi connectivity index (χ0) is 14.1. The summed E-state index contributed by atoms with van der Waals surface area (Å²) >= 11 is 1.37. The summed E-state index contributed by atoms with van der Waals surface area (Å²) < 4.78 is 5.57. The number of carbonyl (C=O) groups is 1. The van der Waals surface area contributed by atoms with Gasteiger partial charge in [-0.1, -0.05) is 0 Å². The molecule has 0 bridgehead atoms. The van der Waals surface area contributed by atoms with Gasteiger partial charge in [-0.25, -0.2) is 4.98 Å². The van der Waals surface area contributed by atoms with Crippen LogP contribution in [0.25, 0.3) is 10.2 Å². The maximum atomic E-state index is 12.7. The van der Waals surface area contributed by atoms with Crippen LogP contribution in [0.5, 0.6) is 0 Å². The molecule has 106 valence electrons. The number of pyridine rings is 1. The van der Waals surface area contributed by atoms with Gasteiger partial charge in [-0.3, -0.25) is 4.79 Å². The molecule has 0 radical (unpaired) electrons. The number of carbonyl (C=O) groups excluding carboxylic acids is 1. The second kappa shape index (κ2) is 5.38. The van der Waals surface area contributed by atoms with Crippen LogP contribution in [0.2, 0.25) is 0 Å². The van der Waals surface area contributed by atoms with Gasteiger partial charge in [-0.2, -0.15) is 0 Å². The number of fused-ring (bicyclic) bond motifs is 1. The predicted octanol–water partition coefficient (Wildman–Crippen LogP) is 2.13. The first-order chi connectivity index (χ1) is 9.66. The van der Waals surface area contributed by atoms with Gasteiger partial charge in [-0.05, 0) is 25.5 Å². The van der Waals surface area contributed by atoms with Crippen molar-refractivity contribution in [1.82, 2.24) is 9.88 Å². The van der Waals surface area contributed by atoms with Gasteiger partial charge < -0.3 is 15.4 Å². The fraction of sp³-hybridized carbons (Fsp3) is 0.429. The lowest BCUT2D eigenvalue weighted by atomic mass is 10.2. The summed E-state index contributed by atoms with van der Waals surface area (Å²) in [6.07, 6.45) is 2.64. The summed E-state index contributed by atoms with van der Waals surface area (Å²) in [6, 6.07) is 3.74. The number of nitrogen functional groups attached to an aromatic ring is 1. The number of nitrogens with two attached hydrogens (primary N) is 1. The molecule has 2 aromatic heterocycles. The molecule has 3 rings (SSSR count). The molecule has 0 saturated carbocycles. The van der Waals surface area contributed by atoms with Gasteiger partial charge in [0.1, 0.15) is 9.71 Å². The number of hydrogen-bond acceptors (Lipinski definition) is 5. The Bertz CT molecular complexity index is 640. The van der Waals surface area contributed by atoms with Crippen molar-refractivity contribution >= 4 is 33.1 Å². The van der Waals surface area contributed by atoms with Crippen LogP contribution < -0.4 is 5.73 Å². The first kappa shape index (κ1) is 13.3. The Morgan fingerprint density at radius 1 is 1.60 bits per heavy atom. The van der Waals surface area contributed by atoms with Crippen molar-refractivity contribution < 1.29 is 9.53 Å². The molecular formula is C14H17N3O2S. The van der Waals surface area contributed by atoms with Crippen LogP contribution in [0.4, 0.5) is 5.69 Å². The van der Waals surface area contributed by atoms with Crippen molar-refractivity contribution in [3.05, 3.63) is 23.2 Å². The van der Waals surface area contributed by atoms with Gasteiger partial charge in [0.05, 0.1) is 11.8 Å². The summed E-state index contributed by atoms with van der Waals surface area (Å²) in [5.74, 6) is -0.0112. The zero-order valence-electron chi connectivity index (χ0n) is 11.3. The molecule has 0 aromatic carbocycles. The first-order valence-electron chi connectivity index (χ1n) is 6.70. The van der Waals surface area contributed by atoms with Gasteiger partial charge >= 0.3 is 0 Å². The average molecular weight is 291 g/mol. The van der Waals surface area contributed by atoms with Crippen molar-refractivity contribution in [2.24, 2.45) is 0 Å². The Balaban J connectivity index is 1.93. The number of aromatic nitrogens is 1. The monoisotopic (exact) mass is 291 g/mol. The highest BCUT2D eigenvalue weighted by Crippen LogP contribution is 2.33. The number of rotatable bonds is 1. The number of thiophene rings is 1. The number of hydrogen-bond donors (Lipinski definition) is 1. The first-order valence-corrected chi connectivity index (χ1v) is 7.52. The minimum atomic E-state index is -0.0112. The normalized spacial score (nSPS) is 20.1. The van der Waals surface area contributed by atoms with Crippen LogP contribution in [0.15, 0.2) is 18.3 Å². The van der Waals surface area contributed by atoms with E-state index in [1.165, 1.54) is 11.3 Å². The number of nitrogens with zero attached hydrogens (tertiary/aromatic N) is 2. The van der Waals surface area contributed by atoms with Crippen LogP contribution in [-0.4, -0.2) is 41.6 Å². The molecule has 1 aliphatic rings. The van der Waals surface area contributed by atoms with Gasteiger partial charge in [-0.15, -0.1) is 11.3 Å². The van der Waals surface area contributed by atoms with Crippen molar-refractivity contribution in [2.75, 3.05) is 25.4 Å². The quantitative estimate of drug-likeness (QED) is 0.874. The minimum Gasteiger partial charge on any atom is -0.397 e. The summed E-state index contributed by atoms with van der Waals surface area (Å²) in [4.78, 5) is 20.2. The van der Waals surface area contributed by atoms with E-state index in [1.807, 2.05) is 24.0 Å². The third-order valence-electron chi connectivity index (χ3n) is 3.44. The number of ether oxygens (including phenoxy) is 1. The summed E-state index contributed by atoms with van der Waals surface area (Å²) in [5, 5.41) is 0.861. The highest BCUT2D eigenvalue weighted by Gasteiger charge is 2.25. The highest BCUT2D eigenvalue weighted by atomic mass is 32.1. The molecule has 1 unspecified atom stereocenters. The van der Waals surface area contributed by atoms with E-state index in [-0.39, 0.29) is 12.0 Å². The van der Waals surface area contributed by atoms with Gasteiger partial charge in [0.25, 0.3) is 5.91 Å². The topological polar surface area (TPSA) is 68.5 Å². The standard InChI is InChI=1S/C14H17N3O2S/c1-9-8-17(6-3-7-19-9)14(18)12-11(15)10-4-2-5-16-13(10)20-12/h2,4-5,9H,3,6-8,15H2,1H3. The van der Waals surface area contributed by atoms with Crippen molar-refractivity contribution in [3.8, 4) is 0 Å². The van der Waals surface area contributed by atoms with E-state index in [4.69, 9.17) is 10.5 Å². The maximum Gasteiger partial charge on any atom is 0.266 e. The Morgan fingerprint density at radius 3 is 3.25 bits per heavy atom. The van der Waals surface area contributed by atoms with Crippen LogP contribution in [0.1, 0.15) is 23.0 Å². The molecule has 20 heavy (non-hydrogen) atoms. The Hall–Kier alpha value is -1.66. The molecule has 1 saturated heterocycles. The third kappa shape index (κ3) is 2.36. The second-order valence-electron chi connectivity index (χ2n) is 4.99. The number of amides is 1. The second-order valence-corrected chi connectivity index (χ2v) is 5.99. The fourth-order valence-electron chi connectivity index (χ4n) is 2.43. The largest absolute Gasteiger partial charge is 0.397 e. The van der Waals surface area contributed by atoms with E-state index in [2.05, 4.69) is 4.98 Å². The van der Waals surface area contributed by atoms with E-state index < -0.39 is 0 Å². The van der Waals surface area contributed by atoms with Crippen LogP contribution in [-0.2, 0) is 4.74 Å². The van der Waals surface area contributed by atoms with E-state index in [0.717, 1.165) is 16.6 Å².